The van der Waals surface area contributed by atoms with Crippen molar-refractivity contribution in [2.45, 2.75) is 32.0 Å². The number of para-hydroxylation sites is 1. The van der Waals surface area contributed by atoms with E-state index in [-0.39, 0.29) is 17.9 Å². The number of anilines is 1. The summed E-state index contributed by atoms with van der Waals surface area (Å²) >= 11 is 0. The Kier molecular flexibility index (Phi) is 3.64. The summed E-state index contributed by atoms with van der Waals surface area (Å²) in [6, 6.07) is 4.43. The number of alkyl halides is 3. The van der Waals surface area contributed by atoms with Gasteiger partial charge in [0.15, 0.2) is 5.82 Å². The van der Waals surface area contributed by atoms with Gasteiger partial charge in [-0.05, 0) is 25.0 Å². The summed E-state index contributed by atoms with van der Waals surface area (Å²) in [7, 11) is 0. The summed E-state index contributed by atoms with van der Waals surface area (Å²) in [5.41, 5.74) is 6.31. The lowest BCUT2D eigenvalue weighted by molar-refractivity contribution is -0.135. The van der Waals surface area contributed by atoms with Gasteiger partial charge in [-0.25, -0.2) is 9.37 Å². The number of hydrogen-bond acceptors (Lipinski definition) is 2. The van der Waals surface area contributed by atoms with Crippen LogP contribution >= 0.6 is 0 Å². The second-order valence-corrected chi connectivity index (χ2v) is 4.30. The number of aromatic nitrogens is 2. The number of halogens is 4. The van der Waals surface area contributed by atoms with Crippen molar-refractivity contribution in [3.63, 3.8) is 0 Å². The van der Waals surface area contributed by atoms with Crippen molar-refractivity contribution in [2.24, 2.45) is 0 Å². The molecular weight excluding hydrogens is 262 g/mol. The Balaban J connectivity index is 2.09. The van der Waals surface area contributed by atoms with Gasteiger partial charge in [0.25, 0.3) is 0 Å². The van der Waals surface area contributed by atoms with Crippen LogP contribution in [0.4, 0.5) is 23.5 Å². The van der Waals surface area contributed by atoms with E-state index in [0.29, 0.717) is 18.5 Å². The van der Waals surface area contributed by atoms with E-state index < -0.39 is 18.4 Å². The average Bonchev–Trinajstić information content (AvgIpc) is 2.62. The van der Waals surface area contributed by atoms with Crippen LogP contribution in [0.3, 0.4) is 0 Å². The molecule has 0 amide bonds. The lowest BCUT2D eigenvalue weighted by atomic mass is 10.2. The van der Waals surface area contributed by atoms with E-state index in [2.05, 4.69) is 4.98 Å². The number of imidazole rings is 1. The maximum absolute atomic E-state index is 13.4. The molecule has 2 N–H and O–H groups in total. The lowest BCUT2D eigenvalue weighted by Crippen LogP contribution is -2.08. The number of unbranched alkanes of at least 4 members (excludes halogenated alkanes) is 1. The first-order valence-electron chi connectivity index (χ1n) is 5.85. The molecule has 0 unspecified atom stereocenters. The Morgan fingerprint density at radius 2 is 1.95 bits per heavy atom. The molecule has 19 heavy (non-hydrogen) atoms. The van der Waals surface area contributed by atoms with E-state index in [1.165, 1.54) is 16.7 Å². The van der Waals surface area contributed by atoms with Gasteiger partial charge in [0.1, 0.15) is 5.52 Å². The smallest absolute Gasteiger partial charge is 0.369 e. The minimum absolute atomic E-state index is 0.0118. The molecule has 0 saturated carbocycles. The Bertz CT molecular complexity index is 574. The van der Waals surface area contributed by atoms with Crippen LogP contribution in [0.2, 0.25) is 0 Å². The zero-order valence-electron chi connectivity index (χ0n) is 10.0. The number of fused-ring (bicyclic) bond motifs is 1. The highest BCUT2D eigenvalue weighted by Gasteiger charge is 2.25. The van der Waals surface area contributed by atoms with Crippen LogP contribution in [0, 0.1) is 5.82 Å². The third-order valence-electron chi connectivity index (χ3n) is 2.85. The molecule has 2 rings (SSSR count). The Labute approximate surface area is 107 Å². The zero-order valence-corrected chi connectivity index (χ0v) is 10.0. The third-order valence-corrected chi connectivity index (χ3v) is 2.85. The number of hydrogen-bond donors (Lipinski definition) is 1. The number of nitrogens with two attached hydrogens (primary N) is 1. The van der Waals surface area contributed by atoms with Crippen LogP contribution in [0.5, 0.6) is 0 Å². The van der Waals surface area contributed by atoms with Gasteiger partial charge in [-0.2, -0.15) is 13.2 Å². The quantitative estimate of drug-likeness (QED) is 0.685. The van der Waals surface area contributed by atoms with Gasteiger partial charge in [-0.1, -0.05) is 6.07 Å². The summed E-state index contributed by atoms with van der Waals surface area (Å²) < 4.78 is 51.0. The van der Waals surface area contributed by atoms with Crippen LogP contribution in [0.25, 0.3) is 11.0 Å². The number of aryl methyl sites for hydroxylation is 1. The molecule has 0 atom stereocenters. The van der Waals surface area contributed by atoms with Gasteiger partial charge in [-0.3, -0.25) is 0 Å². The lowest BCUT2D eigenvalue weighted by Gasteiger charge is -2.08. The van der Waals surface area contributed by atoms with Crippen LogP contribution in [0.1, 0.15) is 19.3 Å². The van der Waals surface area contributed by atoms with Crippen molar-refractivity contribution < 1.29 is 17.6 Å². The van der Waals surface area contributed by atoms with Crippen LogP contribution in [-0.4, -0.2) is 15.7 Å². The van der Waals surface area contributed by atoms with E-state index >= 15 is 0 Å². The predicted molar refractivity (Wildman–Crippen MR) is 64.0 cm³/mol. The zero-order chi connectivity index (χ0) is 14.0. The highest BCUT2D eigenvalue weighted by molar-refractivity contribution is 5.78. The summed E-state index contributed by atoms with van der Waals surface area (Å²) in [5, 5.41) is 0. The average molecular weight is 275 g/mol. The second kappa shape index (κ2) is 5.07. The van der Waals surface area contributed by atoms with E-state index in [1.54, 1.807) is 6.07 Å². The number of nitrogens with zero attached hydrogens (tertiary/aromatic N) is 2. The highest BCUT2D eigenvalue weighted by atomic mass is 19.4. The summed E-state index contributed by atoms with van der Waals surface area (Å²) in [5.74, 6) is -0.370. The Morgan fingerprint density at radius 1 is 1.21 bits per heavy atom. The first-order valence-corrected chi connectivity index (χ1v) is 5.85. The van der Waals surface area contributed by atoms with Gasteiger partial charge >= 0.3 is 6.18 Å². The molecule has 0 aliphatic heterocycles. The van der Waals surface area contributed by atoms with Gasteiger partial charge in [0, 0.05) is 13.0 Å². The molecule has 104 valence electrons. The van der Waals surface area contributed by atoms with Crippen molar-refractivity contribution in [1.29, 1.82) is 0 Å². The standard InChI is InChI=1S/C12H13F4N3/c13-8-4-3-5-9-10(8)18-11(17)19(9)7-2-1-6-12(14,15)16/h3-5H,1-2,6-7H2,(H2,17,18). The molecule has 0 aliphatic carbocycles. The number of rotatable bonds is 4. The highest BCUT2D eigenvalue weighted by Crippen LogP contribution is 2.24. The van der Waals surface area contributed by atoms with E-state index in [1.807, 2.05) is 0 Å². The maximum atomic E-state index is 13.4. The number of benzene rings is 1. The SMILES string of the molecule is Nc1nc2c(F)cccc2n1CCCCC(F)(F)F. The van der Waals surface area contributed by atoms with Crippen LogP contribution in [0.15, 0.2) is 18.2 Å². The van der Waals surface area contributed by atoms with Gasteiger partial charge < -0.3 is 10.3 Å². The molecular formula is C12H13F4N3. The molecule has 0 bridgehead atoms. The molecule has 0 spiro atoms. The molecule has 0 saturated heterocycles. The predicted octanol–water partition coefficient (Wildman–Crippen LogP) is 3.49. The van der Waals surface area contributed by atoms with Crippen molar-refractivity contribution in [2.75, 3.05) is 5.73 Å². The fraction of sp³-hybridized carbons (Fsp3) is 0.417. The van der Waals surface area contributed by atoms with E-state index in [9.17, 15) is 17.6 Å². The van der Waals surface area contributed by atoms with Crippen LogP contribution < -0.4 is 5.73 Å². The van der Waals surface area contributed by atoms with Gasteiger partial charge in [0.05, 0.1) is 5.52 Å². The topological polar surface area (TPSA) is 43.8 Å². The molecule has 2 aromatic rings. The molecule has 0 radical (unpaired) electrons. The molecule has 1 aromatic heterocycles. The molecule has 3 nitrogen and oxygen atoms in total. The molecule has 7 heteroatoms. The molecule has 0 fully saturated rings. The van der Waals surface area contributed by atoms with Crippen molar-refractivity contribution in [3.8, 4) is 0 Å². The third kappa shape index (κ3) is 3.15. The normalized spacial score (nSPS) is 12.2. The van der Waals surface area contributed by atoms with Crippen molar-refractivity contribution >= 4 is 17.0 Å². The fourth-order valence-corrected chi connectivity index (χ4v) is 1.96. The largest absolute Gasteiger partial charge is 0.389 e. The van der Waals surface area contributed by atoms with Crippen molar-refractivity contribution in [3.05, 3.63) is 24.0 Å². The van der Waals surface area contributed by atoms with Crippen molar-refractivity contribution in [1.82, 2.24) is 9.55 Å². The monoisotopic (exact) mass is 275 g/mol. The minimum atomic E-state index is -4.14. The Morgan fingerprint density at radius 3 is 2.63 bits per heavy atom. The van der Waals surface area contributed by atoms with Crippen LogP contribution in [-0.2, 0) is 6.54 Å². The second-order valence-electron chi connectivity index (χ2n) is 4.30. The summed E-state index contributed by atoms with van der Waals surface area (Å²) in [4.78, 5) is 3.88. The maximum Gasteiger partial charge on any atom is 0.389 e. The number of nitrogen functional groups attached to an aromatic ring is 1. The minimum Gasteiger partial charge on any atom is -0.369 e. The first-order chi connectivity index (χ1) is 8.88. The first kappa shape index (κ1) is 13.6. The van der Waals surface area contributed by atoms with Gasteiger partial charge in [-0.15, -0.1) is 0 Å². The Hall–Kier alpha value is -1.79. The fourth-order valence-electron chi connectivity index (χ4n) is 1.96. The molecule has 1 aromatic carbocycles. The molecule has 0 aliphatic rings. The van der Waals surface area contributed by atoms with E-state index in [4.69, 9.17) is 5.73 Å². The van der Waals surface area contributed by atoms with Gasteiger partial charge in [0.2, 0.25) is 5.95 Å². The molecule has 1 heterocycles. The van der Waals surface area contributed by atoms with E-state index in [0.717, 1.165) is 0 Å². The summed E-state index contributed by atoms with van der Waals surface area (Å²) in [6.45, 7) is 0.294. The summed E-state index contributed by atoms with van der Waals surface area (Å²) in [6.07, 6.45) is -4.65.